The largest absolute Gasteiger partial charge is 0.122 e. The van der Waals surface area contributed by atoms with E-state index in [4.69, 9.17) is 11.6 Å². The number of halogens is 1. The molecule has 0 bridgehead atoms. The van der Waals surface area contributed by atoms with Crippen molar-refractivity contribution in [1.29, 1.82) is 0 Å². The highest BCUT2D eigenvalue weighted by Gasteiger charge is 2.26. The molecule has 0 radical (unpaired) electrons. The van der Waals surface area contributed by atoms with E-state index >= 15 is 0 Å². The van der Waals surface area contributed by atoms with E-state index in [1.807, 2.05) is 0 Å². The second-order valence-corrected chi connectivity index (χ2v) is 10.8. The van der Waals surface area contributed by atoms with Gasteiger partial charge in [-0.3, -0.25) is 0 Å². The molecule has 2 aliphatic rings. The summed E-state index contributed by atoms with van der Waals surface area (Å²) in [5, 5.41) is 0.321. The molecule has 1 aromatic rings. The first kappa shape index (κ1) is 23.2. The van der Waals surface area contributed by atoms with Gasteiger partial charge >= 0.3 is 0 Å². The maximum atomic E-state index is 6.88. The van der Waals surface area contributed by atoms with Crippen LogP contribution >= 0.6 is 11.6 Å². The van der Waals surface area contributed by atoms with Crippen LogP contribution in [0, 0.1) is 17.8 Å². The number of rotatable bonds is 10. The Bertz CT molecular complexity index is 546. The molecule has 0 N–H and O–H groups in total. The van der Waals surface area contributed by atoms with Gasteiger partial charge in [0.15, 0.2) is 0 Å². The van der Waals surface area contributed by atoms with Crippen molar-refractivity contribution < 1.29 is 0 Å². The first-order valence-corrected chi connectivity index (χ1v) is 13.4. The quantitative estimate of drug-likeness (QED) is 0.263. The maximum absolute atomic E-state index is 6.88. The van der Waals surface area contributed by atoms with Crippen molar-refractivity contribution in [2.75, 3.05) is 0 Å². The minimum atomic E-state index is 0.321. The van der Waals surface area contributed by atoms with Gasteiger partial charge in [-0.1, -0.05) is 89.5 Å². The zero-order valence-electron chi connectivity index (χ0n) is 19.2. The number of hydrogen-bond donors (Lipinski definition) is 0. The fourth-order valence-corrected chi connectivity index (χ4v) is 6.46. The Hall–Kier alpha value is -0.490. The maximum Gasteiger partial charge on any atom is 0.0404 e. The second-order valence-electron chi connectivity index (χ2n) is 10.2. The van der Waals surface area contributed by atoms with Crippen molar-refractivity contribution >= 4 is 11.6 Å². The summed E-state index contributed by atoms with van der Waals surface area (Å²) in [6.45, 7) is 4.63. The summed E-state index contributed by atoms with van der Waals surface area (Å²) in [6, 6.07) is 9.58. The fraction of sp³-hybridized carbons (Fsp3) is 0.786. The predicted molar refractivity (Wildman–Crippen MR) is 129 cm³/mol. The molecule has 0 amide bonds. The smallest absolute Gasteiger partial charge is 0.0404 e. The third-order valence-electron chi connectivity index (χ3n) is 8.04. The Morgan fingerprint density at radius 2 is 1.38 bits per heavy atom. The van der Waals surface area contributed by atoms with Gasteiger partial charge in [-0.15, -0.1) is 11.6 Å². The molecular formula is C28H45Cl. The molecule has 29 heavy (non-hydrogen) atoms. The monoisotopic (exact) mass is 416 g/mol. The van der Waals surface area contributed by atoms with E-state index in [2.05, 4.69) is 38.1 Å². The van der Waals surface area contributed by atoms with Gasteiger partial charge < -0.3 is 0 Å². The molecule has 0 nitrogen and oxygen atoms in total. The molecule has 0 aromatic heterocycles. The molecule has 0 spiro atoms. The van der Waals surface area contributed by atoms with Crippen molar-refractivity contribution in [3.8, 4) is 0 Å². The molecule has 0 heterocycles. The summed E-state index contributed by atoms with van der Waals surface area (Å²) in [6.07, 6.45) is 20.7. The summed E-state index contributed by atoms with van der Waals surface area (Å²) in [5.74, 6) is 3.50. The van der Waals surface area contributed by atoms with Crippen LogP contribution in [0.25, 0.3) is 0 Å². The van der Waals surface area contributed by atoms with Crippen LogP contribution in [0.1, 0.15) is 121 Å². The first-order chi connectivity index (χ1) is 14.2. The third kappa shape index (κ3) is 7.30. The van der Waals surface area contributed by atoms with Gasteiger partial charge in [0.1, 0.15) is 0 Å². The van der Waals surface area contributed by atoms with Gasteiger partial charge in [0.2, 0.25) is 0 Å². The molecule has 1 atom stereocenters. The van der Waals surface area contributed by atoms with Crippen LogP contribution < -0.4 is 0 Å². The number of unbranched alkanes of at least 4 members (excludes halogenated alkanes) is 2. The summed E-state index contributed by atoms with van der Waals surface area (Å²) in [7, 11) is 0. The standard InChI is InChI=1S/C28H45Cl/c1-3-5-6-8-23-9-15-25(16-10-23)26-17-13-24(14-18-26)21-28(29)27-19-11-22(7-4-2)12-20-27/h13-14,17-18,22-23,25,27-28H,3-12,15-16,19-21H2,1-2H3. The van der Waals surface area contributed by atoms with Crippen LogP contribution in [0.3, 0.4) is 0 Å². The van der Waals surface area contributed by atoms with Crippen LogP contribution in [0.4, 0.5) is 0 Å². The molecule has 1 unspecified atom stereocenters. The van der Waals surface area contributed by atoms with Crippen molar-refractivity contribution in [1.82, 2.24) is 0 Å². The van der Waals surface area contributed by atoms with Crippen LogP contribution in [0.5, 0.6) is 0 Å². The van der Waals surface area contributed by atoms with Gasteiger partial charge in [0, 0.05) is 5.38 Å². The van der Waals surface area contributed by atoms with Crippen molar-refractivity contribution in [2.24, 2.45) is 17.8 Å². The molecule has 2 saturated carbocycles. The van der Waals surface area contributed by atoms with Crippen LogP contribution in [0.15, 0.2) is 24.3 Å². The predicted octanol–water partition coefficient (Wildman–Crippen LogP) is 9.30. The summed E-state index contributed by atoms with van der Waals surface area (Å²) < 4.78 is 0. The number of alkyl halides is 1. The molecule has 1 heteroatoms. The topological polar surface area (TPSA) is 0 Å². The normalized spacial score (nSPS) is 28.9. The molecular weight excluding hydrogens is 372 g/mol. The highest BCUT2D eigenvalue weighted by molar-refractivity contribution is 6.20. The second kappa shape index (κ2) is 12.4. The lowest BCUT2D eigenvalue weighted by atomic mass is 9.76. The van der Waals surface area contributed by atoms with E-state index in [1.54, 1.807) is 5.56 Å². The lowest BCUT2D eigenvalue weighted by Gasteiger charge is -2.31. The lowest BCUT2D eigenvalue weighted by Crippen LogP contribution is -2.23. The Balaban J connectivity index is 1.41. The summed E-state index contributed by atoms with van der Waals surface area (Å²) in [5.41, 5.74) is 3.02. The molecule has 0 aliphatic heterocycles. The van der Waals surface area contributed by atoms with Gasteiger partial charge in [-0.2, -0.15) is 0 Å². The lowest BCUT2D eigenvalue weighted by molar-refractivity contribution is 0.255. The van der Waals surface area contributed by atoms with E-state index in [1.165, 1.54) is 95.5 Å². The SMILES string of the molecule is CCCCCC1CCC(c2ccc(CC(Cl)C3CCC(CCC)CC3)cc2)CC1. The molecule has 2 fully saturated rings. The molecule has 1 aromatic carbocycles. The molecule has 0 saturated heterocycles. The van der Waals surface area contributed by atoms with Gasteiger partial charge in [0.25, 0.3) is 0 Å². The number of benzene rings is 1. The van der Waals surface area contributed by atoms with Gasteiger partial charge in [-0.25, -0.2) is 0 Å². The highest BCUT2D eigenvalue weighted by atomic mass is 35.5. The minimum Gasteiger partial charge on any atom is -0.122 e. The zero-order chi connectivity index (χ0) is 20.5. The third-order valence-corrected chi connectivity index (χ3v) is 8.56. The molecule has 164 valence electrons. The summed E-state index contributed by atoms with van der Waals surface area (Å²) >= 11 is 6.88. The minimum absolute atomic E-state index is 0.321. The van der Waals surface area contributed by atoms with Crippen LogP contribution in [-0.2, 0) is 6.42 Å². The number of hydrogen-bond acceptors (Lipinski definition) is 0. The van der Waals surface area contributed by atoms with Crippen molar-refractivity contribution in [3.05, 3.63) is 35.4 Å². The van der Waals surface area contributed by atoms with Gasteiger partial charge in [-0.05, 0) is 79.7 Å². The Morgan fingerprint density at radius 3 is 2.00 bits per heavy atom. The molecule has 2 aliphatic carbocycles. The van der Waals surface area contributed by atoms with E-state index in [-0.39, 0.29) is 0 Å². The van der Waals surface area contributed by atoms with E-state index in [0.29, 0.717) is 5.38 Å². The average Bonchev–Trinajstić information content (AvgIpc) is 2.76. The zero-order valence-corrected chi connectivity index (χ0v) is 19.9. The van der Waals surface area contributed by atoms with Gasteiger partial charge in [0.05, 0.1) is 0 Å². The highest BCUT2D eigenvalue weighted by Crippen LogP contribution is 2.39. The van der Waals surface area contributed by atoms with Crippen molar-refractivity contribution in [2.45, 2.75) is 121 Å². The average molecular weight is 417 g/mol. The van der Waals surface area contributed by atoms with Crippen LogP contribution in [0.2, 0.25) is 0 Å². The summed E-state index contributed by atoms with van der Waals surface area (Å²) in [4.78, 5) is 0. The Labute approximate surface area is 186 Å². The van der Waals surface area contributed by atoms with E-state index in [9.17, 15) is 0 Å². The van der Waals surface area contributed by atoms with Crippen molar-refractivity contribution in [3.63, 3.8) is 0 Å². The molecule has 3 rings (SSSR count). The van der Waals surface area contributed by atoms with E-state index in [0.717, 1.165) is 30.1 Å². The van der Waals surface area contributed by atoms with E-state index < -0.39 is 0 Å². The Morgan fingerprint density at radius 1 is 0.759 bits per heavy atom. The Kier molecular flexibility index (Phi) is 9.90. The fourth-order valence-electron chi connectivity index (χ4n) is 6.03. The first-order valence-electron chi connectivity index (χ1n) is 12.9. The van der Waals surface area contributed by atoms with Crippen LogP contribution in [-0.4, -0.2) is 5.38 Å².